The Labute approximate surface area is 156 Å². The molecule has 0 bridgehead atoms. The van der Waals surface area contributed by atoms with Crippen molar-refractivity contribution in [1.29, 1.82) is 0 Å². The van der Waals surface area contributed by atoms with E-state index < -0.39 is 9.84 Å². The van der Waals surface area contributed by atoms with Gasteiger partial charge in [-0.05, 0) is 38.0 Å². The lowest BCUT2D eigenvalue weighted by atomic mass is 9.93. The van der Waals surface area contributed by atoms with Gasteiger partial charge >= 0.3 is 5.97 Å². The van der Waals surface area contributed by atoms with Crippen molar-refractivity contribution in [3.05, 3.63) is 0 Å². The van der Waals surface area contributed by atoms with E-state index in [4.69, 9.17) is 4.74 Å². The average Bonchev–Trinajstić information content (AvgIpc) is 3.24. The molecule has 3 rings (SSSR count). The summed E-state index contributed by atoms with van der Waals surface area (Å²) in [4.78, 5) is 26.6. The van der Waals surface area contributed by atoms with Crippen LogP contribution >= 0.6 is 0 Å². The quantitative estimate of drug-likeness (QED) is 0.656. The van der Waals surface area contributed by atoms with Crippen molar-refractivity contribution >= 4 is 21.7 Å². The van der Waals surface area contributed by atoms with E-state index >= 15 is 0 Å². The molecular weight excluding hydrogens is 354 g/mol. The van der Waals surface area contributed by atoms with Gasteiger partial charge in [-0.2, -0.15) is 0 Å². The molecule has 2 saturated carbocycles. The van der Waals surface area contributed by atoms with Crippen LogP contribution in [0.2, 0.25) is 0 Å². The summed E-state index contributed by atoms with van der Waals surface area (Å²) in [5, 5.41) is 0. The molecule has 1 atom stereocenters. The molecule has 0 N–H and O–H groups in total. The highest BCUT2D eigenvalue weighted by molar-refractivity contribution is 7.91. The first-order chi connectivity index (χ1) is 12.4. The summed E-state index contributed by atoms with van der Waals surface area (Å²) in [7, 11) is -3.06. The Morgan fingerprint density at radius 1 is 0.885 bits per heavy atom. The third kappa shape index (κ3) is 5.21. The third-order valence-electron chi connectivity index (χ3n) is 6.14. The first-order valence-corrected chi connectivity index (χ1v) is 11.9. The lowest BCUT2D eigenvalue weighted by molar-refractivity contribution is -0.155. The first kappa shape index (κ1) is 19.6. The van der Waals surface area contributed by atoms with E-state index in [0.29, 0.717) is 18.8 Å². The van der Waals surface area contributed by atoms with Crippen LogP contribution in [0.25, 0.3) is 0 Å². The fraction of sp³-hybridized carbons (Fsp3) is 0.895. The second kappa shape index (κ2) is 8.72. The van der Waals surface area contributed by atoms with Gasteiger partial charge in [-0.1, -0.05) is 32.1 Å². The second-order valence-electron chi connectivity index (χ2n) is 8.16. The Hall–Kier alpha value is -1.11. The van der Waals surface area contributed by atoms with Crippen LogP contribution < -0.4 is 0 Å². The van der Waals surface area contributed by atoms with Crippen LogP contribution in [-0.4, -0.2) is 55.4 Å². The molecule has 1 amide bonds. The number of sulfone groups is 1. The van der Waals surface area contributed by atoms with Gasteiger partial charge < -0.3 is 9.64 Å². The van der Waals surface area contributed by atoms with Crippen LogP contribution in [0, 0.1) is 5.92 Å². The Bertz CT molecular complexity index is 605. The Kier molecular flexibility index (Phi) is 6.59. The van der Waals surface area contributed by atoms with E-state index in [1.165, 1.54) is 12.8 Å². The highest BCUT2D eigenvalue weighted by Crippen LogP contribution is 2.29. The molecule has 1 aliphatic heterocycles. The predicted molar refractivity (Wildman–Crippen MR) is 98.3 cm³/mol. The first-order valence-electron chi connectivity index (χ1n) is 10.1. The van der Waals surface area contributed by atoms with E-state index in [0.717, 1.165) is 44.9 Å². The number of rotatable bonds is 6. The Morgan fingerprint density at radius 3 is 2.15 bits per heavy atom. The molecule has 0 aromatic heterocycles. The molecule has 0 aromatic carbocycles. The lowest BCUT2D eigenvalue weighted by Gasteiger charge is -2.38. The van der Waals surface area contributed by atoms with Crippen molar-refractivity contribution in [2.24, 2.45) is 5.92 Å². The number of hydrogen-bond acceptors (Lipinski definition) is 5. The molecule has 1 saturated heterocycles. The molecule has 148 valence electrons. The van der Waals surface area contributed by atoms with Crippen LogP contribution in [0.1, 0.15) is 70.6 Å². The van der Waals surface area contributed by atoms with Gasteiger partial charge in [0.1, 0.15) is 0 Å². The van der Waals surface area contributed by atoms with Crippen LogP contribution in [0.4, 0.5) is 0 Å². The maximum absolute atomic E-state index is 12.8. The van der Waals surface area contributed by atoms with E-state index in [1.807, 2.05) is 0 Å². The van der Waals surface area contributed by atoms with Crippen LogP contribution in [0.5, 0.6) is 0 Å². The summed E-state index contributed by atoms with van der Waals surface area (Å²) >= 11 is 0. The van der Waals surface area contributed by atoms with Gasteiger partial charge in [0.2, 0.25) is 0 Å². The number of carbonyl (C=O) groups is 2. The topological polar surface area (TPSA) is 80.8 Å². The number of nitrogens with zero attached hydrogens (tertiary/aromatic N) is 1. The van der Waals surface area contributed by atoms with E-state index in [-0.39, 0.29) is 42.1 Å². The maximum Gasteiger partial charge on any atom is 0.306 e. The van der Waals surface area contributed by atoms with Crippen molar-refractivity contribution in [3.8, 4) is 0 Å². The molecule has 0 aromatic rings. The minimum absolute atomic E-state index is 0.0469. The summed E-state index contributed by atoms with van der Waals surface area (Å²) < 4.78 is 29.0. The zero-order chi connectivity index (χ0) is 18.6. The number of hydrogen-bond donors (Lipinski definition) is 0. The second-order valence-corrected chi connectivity index (χ2v) is 10.4. The van der Waals surface area contributed by atoms with Gasteiger partial charge in [-0.3, -0.25) is 9.59 Å². The number of carbonyl (C=O) groups excluding carboxylic acids is 2. The molecule has 0 radical (unpaired) electrons. The minimum Gasteiger partial charge on any atom is -0.456 e. The minimum atomic E-state index is -3.06. The van der Waals surface area contributed by atoms with Crippen molar-refractivity contribution in [1.82, 2.24) is 4.90 Å². The van der Waals surface area contributed by atoms with Gasteiger partial charge in [0, 0.05) is 18.5 Å². The molecule has 7 heteroatoms. The maximum atomic E-state index is 12.8. The molecule has 1 heterocycles. The van der Waals surface area contributed by atoms with Crippen LogP contribution in [0.3, 0.4) is 0 Å². The summed E-state index contributed by atoms with van der Waals surface area (Å²) in [5.74, 6) is 0.0691. The smallest absolute Gasteiger partial charge is 0.306 e. The predicted octanol–water partition coefficient (Wildman–Crippen LogP) is 2.46. The zero-order valence-corrected chi connectivity index (χ0v) is 16.3. The van der Waals surface area contributed by atoms with Crippen LogP contribution in [-0.2, 0) is 24.2 Å². The van der Waals surface area contributed by atoms with Gasteiger partial charge in [0.25, 0.3) is 5.91 Å². The molecule has 0 spiro atoms. The molecule has 26 heavy (non-hydrogen) atoms. The molecule has 2 aliphatic carbocycles. The molecular formula is C19H31NO5S. The van der Waals surface area contributed by atoms with Crippen molar-refractivity contribution in [2.45, 2.75) is 82.7 Å². The van der Waals surface area contributed by atoms with E-state index in [9.17, 15) is 18.0 Å². The van der Waals surface area contributed by atoms with Gasteiger partial charge in [0.05, 0.1) is 11.5 Å². The van der Waals surface area contributed by atoms with Gasteiger partial charge in [0.15, 0.2) is 16.4 Å². The SMILES string of the molecule is O=C(CC1CCCC1)OCC(=O)N(C1CCCCC1)C1CCS(=O)(=O)C1. The number of amides is 1. The number of esters is 1. The lowest BCUT2D eigenvalue weighted by Crippen LogP contribution is -2.50. The molecule has 1 unspecified atom stereocenters. The van der Waals surface area contributed by atoms with E-state index in [1.54, 1.807) is 4.90 Å². The highest BCUT2D eigenvalue weighted by Gasteiger charge is 2.38. The molecule has 6 nitrogen and oxygen atoms in total. The monoisotopic (exact) mass is 385 g/mol. The van der Waals surface area contributed by atoms with Gasteiger partial charge in [-0.25, -0.2) is 8.42 Å². The van der Waals surface area contributed by atoms with Crippen LogP contribution in [0.15, 0.2) is 0 Å². The molecule has 3 aliphatic rings. The summed E-state index contributed by atoms with van der Waals surface area (Å²) in [5.41, 5.74) is 0. The fourth-order valence-corrected chi connectivity index (χ4v) is 6.50. The van der Waals surface area contributed by atoms with Crippen molar-refractivity contribution in [3.63, 3.8) is 0 Å². The van der Waals surface area contributed by atoms with E-state index in [2.05, 4.69) is 0 Å². The number of ether oxygens (including phenoxy) is 1. The van der Waals surface area contributed by atoms with Crippen molar-refractivity contribution in [2.75, 3.05) is 18.1 Å². The third-order valence-corrected chi connectivity index (χ3v) is 7.89. The Morgan fingerprint density at radius 2 is 1.54 bits per heavy atom. The zero-order valence-electron chi connectivity index (χ0n) is 15.5. The fourth-order valence-electron chi connectivity index (χ4n) is 4.79. The largest absolute Gasteiger partial charge is 0.456 e. The summed E-state index contributed by atoms with van der Waals surface area (Å²) in [6.07, 6.45) is 10.5. The molecule has 3 fully saturated rings. The summed E-state index contributed by atoms with van der Waals surface area (Å²) in [6, 6.07) is -0.174. The standard InChI is InChI=1S/C19H31NO5S/c21-18(13-25-19(22)12-15-6-4-5-7-15)20(16-8-2-1-3-9-16)17-10-11-26(23,24)14-17/h15-17H,1-14H2. The average molecular weight is 386 g/mol. The van der Waals surface area contributed by atoms with Crippen molar-refractivity contribution < 1.29 is 22.7 Å². The normalized spacial score (nSPS) is 26.7. The summed E-state index contributed by atoms with van der Waals surface area (Å²) in [6.45, 7) is -0.251. The highest BCUT2D eigenvalue weighted by atomic mass is 32.2. The van der Waals surface area contributed by atoms with Gasteiger partial charge in [-0.15, -0.1) is 0 Å². The Balaban J connectivity index is 1.58.